The fourth-order valence-electron chi connectivity index (χ4n) is 3.24. The van der Waals surface area contributed by atoms with Crippen molar-refractivity contribution in [2.75, 3.05) is 17.3 Å². The van der Waals surface area contributed by atoms with Crippen molar-refractivity contribution < 1.29 is 17.4 Å². The van der Waals surface area contributed by atoms with Crippen LogP contribution in [0.15, 0.2) is 78.2 Å². The van der Waals surface area contributed by atoms with Crippen LogP contribution in [0.1, 0.15) is 11.1 Å². The van der Waals surface area contributed by atoms with Gasteiger partial charge in [0.05, 0.1) is 10.6 Å². The van der Waals surface area contributed by atoms with E-state index in [1.54, 1.807) is 22.8 Å². The van der Waals surface area contributed by atoms with Gasteiger partial charge in [-0.15, -0.1) is 0 Å². The maximum absolute atomic E-state index is 15.0. The number of nitrogens with zero attached hydrogens (tertiary/aromatic N) is 5. The lowest BCUT2D eigenvalue weighted by Crippen LogP contribution is -2.20. The van der Waals surface area contributed by atoms with E-state index in [0.29, 0.717) is 12.1 Å². The van der Waals surface area contributed by atoms with Gasteiger partial charge in [0, 0.05) is 32.5 Å². The molecule has 0 fully saturated rings. The van der Waals surface area contributed by atoms with Crippen LogP contribution in [0.2, 0.25) is 0 Å². The maximum atomic E-state index is 15.0. The molecule has 0 aliphatic heterocycles. The smallest absolute Gasteiger partial charge is 0.294 e. The van der Waals surface area contributed by atoms with Gasteiger partial charge in [-0.05, 0) is 41.5 Å². The second kappa shape index (κ2) is 9.35. The number of benzene rings is 2. The predicted octanol–water partition coefficient (Wildman–Crippen LogP) is 3.30. The van der Waals surface area contributed by atoms with E-state index in [1.165, 1.54) is 30.6 Å². The van der Waals surface area contributed by atoms with Crippen LogP contribution in [0.25, 0.3) is 5.69 Å². The fourth-order valence-corrected chi connectivity index (χ4v) is 3.72. The molecule has 0 radical (unpaired) electrons. The quantitative estimate of drug-likeness (QED) is 0.379. The molecular weight excluding hydrogens is 447 g/mol. The molecule has 2 N–H and O–H groups in total. The molecule has 0 amide bonds. The summed E-state index contributed by atoms with van der Waals surface area (Å²) in [6.07, 6.45) is 4.84. The summed E-state index contributed by atoms with van der Waals surface area (Å²) in [7, 11) is -2.52. The molecule has 0 aliphatic rings. The van der Waals surface area contributed by atoms with Crippen molar-refractivity contribution in [1.82, 2.24) is 19.7 Å². The lowest BCUT2D eigenvalue weighted by Gasteiger charge is -2.20. The van der Waals surface area contributed by atoms with Crippen LogP contribution in [0.5, 0.6) is 0 Å². The molecule has 0 unspecified atom stereocenters. The van der Waals surface area contributed by atoms with Gasteiger partial charge in [-0.2, -0.15) is 17.9 Å². The van der Waals surface area contributed by atoms with Gasteiger partial charge >= 0.3 is 0 Å². The summed E-state index contributed by atoms with van der Waals surface area (Å²) >= 11 is 0. The molecule has 33 heavy (non-hydrogen) atoms. The number of rotatable bonds is 8. The number of halogens is 1. The Bertz CT molecular complexity index is 1330. The van der Waals surface area contributed by atoms with Gasteiger partial charge in [0.15, 0.2) is 11.6 Å². The zero-order valence-electron chi connectivity index (χ0n) is 17.6. The second-order valence-electron chi connectivity index (χ2n) is 7.31. The zero-order chi connectivity index (χ0) is 23.4. The summed E-state index contributed by atoms with van der Waals surface area (Å²) in [4.78, 5) is 9.53. The minimum absolute atomic E-state index is 0.0275. The first-order valence-electron chi connectivity index (χ1n) is 9.92. The fraction of sp³-hybridized carbons (Fsp3) is 0.136. The summed E-state index contributed by atoms with van der Waals surface area (Å²) in [6.45, 7) is 0.640. The van der Waals surface area contributed by atoms with Crippen LogP contribution in [0.4, 0.5) is 16.0 Å². The summed E-state index contributed by atoms with van der Waals surface area (Å²) < 4.78 is 48.1. The van der Waals surface area contributed by atoms with Gasteiger partial charge in [-0.3, -0.25) is 4.55 Å². The predicted molar refractivity (Wildman–Crippen MR) is 121 cm³/mol. The van der Waals surface area contributed by atoms with E-state index in [-0.39, 0.29) is 23.1 Å². The van der Waals surface area contributed by atoms with Crippen LogP contribution in [-0.2, 0) is 23.2 Å². The van der Waals surface area contributed by atoms with Gasteiger partial charge in [-0.25, -0.2) is 14.6 Å². The highest BCUT2D eigenvalue weighted by Gasteiger charge is 2.15. The van der Waals surface area contributed by atoms with E-state index < -0.39 is 15.9 Å². The Morgan fingerprint density at radius 2 is 1.76 bits per heavy atom. The normalized spacial score (nSPS) is 11.4. The topological polar surface area (TPSA) is 113 Å². The highest BCUT2D eigenvalue weighted by molar-refractivity contribution is 7.85. The van der Waals surface area contributed by atoms with Gasteiger partial charge in [0.2, 0.25) is 5.82 Å². The van der Waals surface area contributed by atoms with Crippen molar-refractivity contribution in [2.24, 2.45) is 0 Å². The van der Waals surface area contributed by atoms with E-state index in [0.717, 1.165) is 11.3 Å². The molecule has 0 spiro atoms. The number of nitrogens with one attached hydrogen (secondary N) is 1. The molecule has 2 heterocycles. The SMILES string of the molecule is CN(Cc1ccc(-n2cccn2)cc1)c1ncnc(NCc2ccc(S(=O)(=O)O)cc2)c1F. The first-order chi connectivity index (χ1) is 15.8. The van der Waals surface area contributed by atoms with Gasteiger partial charge < -0.3 is 10.2 Å². The van der Waals surface area contributed by atoms with E-state index >= 15 is 4.39 Å². The summed E-state index contributed by atoms with van der Waals surface area (Å²) in [5, 5.41) is 7.09. The van der Waals surface area contributed by atoms with Gasteiger partial charge in [-0.1, -0.05) is 24.3 Å². The third-order valence-corrected chi connectivity index (χ3v) is 5.81. The van der Waals surface area contributed by atoms with E-state index in [4.69, 9.17) is 4.55 Å². The summed E-state index contributed by atoms with van der Waals surface area (Å²) in [5.41, 5.74) is 2.59. The van der Waals surface area contributed by atoms with Crippen LogP contribution in [-0.4, -0.2) is 39.8 Å². The Labute approximate surface area is 190 Å². The average Bonchev–Trinajstić information content (AvgIpc) is 3.33. The highest BCUT2D eigenvalue weighted by atomic mass is 32.2. The van der Waals surface area contributed by atoms with Crippen molar-refractivity contribution >= 4 is 21.8 Å². The van der Waals surface area contributed by atoms with Crippen LogP contribution in [0, 0.1) is 5.82 Å². The standard InChI is InChI=1S/C22H21FN6O3S/c1-28(14-17-3-7-18(8-4-17)29-12-2-11-27-29)22-20(23)21(25-15-26-22)24-13-16-5-9-19(10-6-16)33(30,31)32/h2-12,15H,13-14H2,1H3,(H,24,25,26)(H,30,31,32). The highest BCUT2D eigenvalue weighted by Crippen LogP contribution is 2.23. The Kier molecular flexibility index (Phi) is 6.33. The molecule has 4 rings (SSSR count). The number of hydrogen-bond acceptors (Lipinski definition) is 7. The molecule has 2 aromatic carbocycles. The van der Waals surface area contributed by atoms with Gasteiger partial charge in [0.25, 0.3) is 10.1 Å². The number of aromatic nitrogens is 4. The van der Waals surface area contributed by atoms with Crippen molar-refractivity contribution in [1.29, 1.82) is 0 Å². The maximum Gasteiger partial charge on any atom is 0.294 e. The van der Waals surface area contributed by atoms with E-state index in [9.17, 15) is 8.42 Å². The second-order valence-corrected chi connectivity index (χ2v) is 8.73. The van der Waals surface area contributed by atoms with Crippen molar-refractivity contribution in [3.63, 3.8) is 0 Å². The Hall–Kier alpha value is -3.83. The van der Waals surface area contributed by atoms with Crippen molar-refractivity contribution in [3.05, 3.63) is 90.3 Å². The Balaban J connectivity index is 1.43. The molecule has 0 bridgehead atoms. The molecule has 0 saturated carbocycles. The monoisotopic (exact) mass is 468 g/mol. The largest absolute Gasteiger partial charge is 0.363 e. The zero-order valence-corrected chi connectivity index (χ0v) is 18.4. The molecule has 11 heteroatoms. The first-order valence-corrected chi connectivity index (χ1v) is 11.4. The Morgan fingerprint density at radius 3 is 2.39 bits per heavy atom. The molecule has 2 aromatic heterocycles. The van der Waals surface area contributed by atoms with Crippen LogP contribution in [0.3, 0.4) is 0 Å². The van der Waals surface area contributed by atoms with Crippen molar-refractivity contribution in [3.8, 4) is 5.69 Å². The number of anilines is 2. The lowest BCUT2D eigenvalue weighted by molar-refractivity contribution is 0.483. The summed E-state index contributed by atoms with van der Waals surface area (Å²) in [6, 6.07) is 15.2. The third kappa shape index (κ3) is 5.33. The third-order valence-electron chi connectivity index (χ3n) is 4.94. The van der Waals surface area contributed by atoms with Gasteiger partial charge in [0.1, 0.15) is 6.33 Å². The van der Waals surface area contributed by atoms with Crippen LogP contribution < -0.4 is 10.2 Å². The van der Waals surface area contributed by atoms with Crippen LogP contribution >= 0.6 is 0 Å². The Morgan fingerprint density at radius 1 is 1.06 bits per heavy atom. The van der Waals surface area contributed by atoms with E-state index in [2.05, 4.69) is 20.4 Å². The molecule has 0 aliphatic carbocycles. The lowest BCUT2D eigenvalue weighted by atomic mass is 10.2. The minimum Gasteiger partial charge on any atom is -0.363 e. The summed E-state index contributed by atoms with van der Waals surface area (Å²) in [5.74, 6) is -0.423. The number of hydrogen-bond donors (Lipinski definition) is 2. The molecule has 0 saturated heterocycles. The van der Waals surface area contributed by atoms with Crippen molar-refractivity contribution in [2.45, 2.75) is 18.0 Å². The van der Waals surface area contributed by atoms with E-state index in [1.807, 2.05) is 36.5 Å². The minimum atomic E-state index is -4.26. The molecule has 170 valence electrons. The molecular formula is C22H21FN6O3S. The molecule has 0 atom stereocenters. The molecule has 4 aromatic rings. The molecule has 9 nitrogen and oxygen atoms in total. The average molecular weight is 469 g/mol. The first kappa shape index (κ1) is 22.4.